The number of aromatic nitrogens is 2. The molecule has 146 valence electrons. The van der Waals surface area contributed by atoms with Gasteiger partial charge in [0, 0.05) is 12.2 Å². The first-order valence-electron chi connectivity index (χ1n) is 7.03. The van der Waals surface area contributed by atoms with Gasteiger partial charge in [-0.2, -0.15) is 4.98 Å². The minimum atomic E-state index is -0.964. The Morgan fingerprint density at radius 3 is 2.26 bits per heavy atom. The highest BCUT2D eigenvalue weighted by Gasteiger charge is 2.11. The summed E-state index contributed by atoms with van der Waals surface area (Å²) in [7, 11) is 0. The van der Waals surface area contributed by atoms with E-state index in [4.69, 9.17) is 28.2 Å². The second kappa shape index (κ2) is 10.2. The van der Waals surface area contributed by atoms with Gasteiger partial charge in [-0.25, -0.2) is 9.78 Å². The Morgan fingerprint density at radius 1 is 1.04 bits per heavy atom. The molecule has 7 nitrogen and oxygen atoms in total. The van der Waals surface area contributed by atoms with E-state index < -0.39 is 5.97 Å². The topological polar surface area (TPSA) is 127 Å². The average molecular weight is 453 g/mol. The van der Waals surface area contributed by atoms with Crippen molar-refractivity contribution in [1.29, 1.82) is 0 Å². The maximum Gasteiger partial charge on any atom is 0.335 e. The normalized spacial score (nSPS) is 9.52. The molecule has 0 bridgehead atoms. The standard InChI is InChI=1S/C16H14ClN5O2.3ClH/c17-13-9(3-6-11-12(13)14(18)22-16(19)21-11)7-20-10-4-1-8(2-5-10)15(23)24;;;/h1-6,20H,7H2,(H,23,24)(H4,18,19,21,22);3*1H. The Hall–Kier alpha value is -2.19. The molecule has 0 aliphatic rings. The van der Waals surface area contributed by atoms with E-state index in [2.05, 4.69) is 15.3 Å². The molecule has 3 aromatic rings. The molecule has 0 amide bonds. The lowest BCUT2D eigenvalue weighted by atomic mass is 10.1. The molecule has 27 heavy (non-hydrogen) atoms. The number of halogens is 4. The minimum Gasteiger partial charge on any atom is -0.478 e. The van der Waals surface area contributed by atoms with E-state index in [1.54, 1.807) is 18.2 Å². The largest absolute Gasteiger partial charge is 0.478 e. The van der Waals surface area contributed by atoms with Crippen LogP contribution in [-0.2, 0) is 6.54 Å². The molecule has 11 heteroatoms. The predicted molar refractivity (Wildman–Crippen MR) is 116 cm³/mol. The van der Waals surface area contributed by atoms with Gasteiger partial charge < -0.3 is 21.9 Å². The van der Waals surface area contributed by atoms with Crippen LogP contribution in [0.15, 0.2) is 36.4 Å². The number of fused-ring (bicyclic) bond motifs is 1. The van der Waals surface area contributed by atoms with Crippen molar-refractivity contribution < 1.29 is 9.90 Å². The number of carboxylic acid groups (broad SMARTS) is 1. The Labute approximate surface area is 178 Å². The molecule has 0 unspecified atom stereocenters. The summed E-state index contributed by atoms with van der Waals surface area (Å²) in [6, 6.07) is 10.0. The van der Waals surface area contributed by atoms with Gasteiger partial charge in [0.15, 0.2) is 0 Å². The highest BCUT2D eigenvalue weighted by molar-refractivity contribution is 6.37. The maximum atomic E-state index is 10.8. The molecule has 0 saturated heterocycles. The number of rotatable bonds is 4. The fourth-order valence-corrected chi connectivity index (χ4v) is 2.66. The zero-order valence-corrected chi connectivity index (χ0v) is 16.9. The van der Waals surface area contributed by atoms with E-state index in [0.717, 1.165) is 11.3 Å². The van der Waals surface area contributed by atoms with E-state index >= 15 is 0 Å². The van der Waals surface area contributed by atoms with Gasteiger partial charge >= 0.3 is 5.97 Å². The fraction of sp³-hybridized carbons (Fsp3) is 0.0625. The number of carboxylic acids is 1. The van der Waals surface area contributed by atoms with Crippen LogP contribution in [0.3, 0.4) is 0 Å². The molecule has 0 aliphatic heterocycles. The van der Waals surface area contributed by atoms with Crippen LogP contribution in [0.2, 0.25) is 5.02 Å². The molecule has 3 rings (SSSR count). The number of nitrogens with one attached hydrogen (secondary N) is 1. The quantitative estimate of drug-likeness (QED) is 0.470. The lowest BCUT2D eigenvalue weighted by Crippen LogP contribution is -2.04. The van der Waals surface area contributed by atoms with Crippen LogP contribution in [0.4, 0.5) is 17.5 Å². The number of nitrogens with zero attached hydrogens (tertiary/aromatic N) is 2. The zero-order chi connectivity index (χ0) is 17.3. The third-order valence-electron chi connectivity index (χ3n) is 3.54. The molecule has 1 aromatic heterocycles. The molecular formula is C16H17Cl4N5O2. The van der Waals surface area contributed by atoms with Gasteiger partial charge in [0.2, 0.25) is 5.95 Å². The van der Waals surface area contributed by atoms with Crippen LogP contribution < -0.4 is 16.8 Å². The van der Waals surface area contributed by atoms with Crippen LogP contribution >= 0.6 is 48.8 Å². The van der Waals surface area contributed by atoms with E-state index in [0.29, 0.717) is 22.5 Å². The summed E-state index contributed by atoms with van der Waals surface area (Å²) in [5, 5.41) is 13.1. The van der Waals surface area contributed by atoms with Crippen LogP contribution in [0.5, 0.6) is 0 Å². The van der Waals surface area contributed by atoms with Crippen molar-refractivity contribution in [1.82, 2.24) is 9.97 Å². The lowest BCUT2D eigenvalue weighted by Gasteiger charge is -2.11. The van der Waals surface area contributed by atoms with E-state index in [1.807, 2.05) is 6.07 Å². The number of nitrogen functional groups attached to an aromatic ring is 2. The van der Waals surface area contributed by atoms with Gasteiger partial charge in [-0.05, 0) is 35.9 Å². The molecule has 0 aliphatic carbocycles. The van der Waals surface area contributed by atoms with Crippen LogP contribution in [0, 0.1) is 0 Å². The Balaban J connectivity index is 0.00000225. The minimum absolute atomic E-state index is 0. The summed E-state index contributed by atoms with van der Waals surface area (Å²) in [5.41, 5.74) is 13.9. The van der Waals surface area contributed by atoms with Crippen molar-refractivity contribution in [2.24, 2.45) is 0 Å². The second-order valence-corrected chi connectivity index (χ2v) is 5.51. The third-order valence-corrected chi connectivity index (χ3v) is 3.97. The fourth-order valence-electron chi connectivity index (χ4n) is 2.34. The molecule has 1 heterocycles. The van der Waals surface area contributed by atoms with Crippen LogP contribution in [-0.4, -0.2) is 21.0 Å². The summed E-state index contributed by atoms with van der Waals surface area (Å²) >= 11 is 6.41. The third kappa shape index (κ3) is 5.40. The second-order valence-electron chi connectivity index (χ2n) is 5.14. The van der Waals surface area contributed by atoms with Crippen LogP contribution in [0.25, 0.3) is 10.9 Å². The number of hydrogen-bond acceptors (Lipinski definition) is 6. The van der Waals surface area contributed by atoms with Gasteiger partial charge in [0.05, 0.1) is 21.5 Å². The summed E-state index contributed by atoms with van der Waals surface area (Å²) in [4.78, 5) is 18.9. The summed E-state index contributed by atoms with van der Waals surface area (Å²) in [6.45, 7) is 0.436. The van der Waals surface area contributed by atoms with E-state index in [1.165, 1.54) is 12.1 Å². The molecule has 0 atom stereocenters. The first-order valence-corrected chi connectivity index (χ1v) is 7.41. The van der Waals surface area contributed by atoms with E-state index in [-0.39, 0.29) is 54.6 Å². The smallest absolute Gasteiger partial charge is 0.335 e. The predicted octanol–water partition coefficient (Wildman–Crippen LogP) is 4.02. The van der Waals surface area contributed by atoms with Gasteiger partial charge in [-0.1, -0.05) is 17.7 Å². The summed E-state index contributed by atoms with van der Waals surface area (Å²) in [6.07, 6.45) is 0. The lowest BCUT2D eigenvalue weighted by molar-refractivity contribution is 0.0697. The zero-order valence-electron chi connectivity index (χ0n) is 13.7. The van der Waals surface area contributed by atoms with Crippen molar-refractivity contribution in [3.8, 4) is 0 Å². The number of hydrogen-bond donors (Lipinski definition) is 4. The molecule has 0 spiro atoms. The average Bonchev–Trinajstić information content (AvgIpc) is 2.54. The van der Waals surface area contributed by atoms with Crippen molar-refractivity contribution in [2.45, 2.75) is 6.54 Å². The number of anilines is 3. The molecular weight excluding hydrogens is 436 g/mol. The Kier molecular flexibility index (Phi) is 9.39. The number of carbonyl (C=O) groups is 1. The van der Waals surface area contributed by atoms with Crippen molar-refractivity contribution in [3.05, 3.63) is 52.5 Å². The first kappa shape index (κ1) is 24.8. The number of benzene rings is 2. The highest BCUT2D eigenvalue weighted by Crippen LogP contribution is 2.30. The van der Waals surface area contributed by atoms with Gasteiger partial charge in [0.25, 0.3) is 0 Å². The SMILES string of the molecule is Cl.Cl.Cl.Nc1nc(N)c2c(Cl)c(CNc3ccc(C(=O)O)cc3)ccc2n1. The van der Waals surface area contributed by atoms with Crippen molar-refractivity contribution in [3.63, 3.8) is 0 Å². The summed E-state index contributed by atoms with van der Waals surface area (Å²) in [5.74, 6) is -0.635. The van der Waals surface area contributed by atoms with Gasteiger partial charge in [-0.3, -0.25) is 0 Å². The van der Waals surface area contributed by atoms with Crippen molar-refractivity contribution in [2.75, 3.05) is 16.8 Å². The first-order chi connectivity index (χ1) is 11.5. The molecule has 2 aromatic carbocycles. The molecule has 0 fully saturated rings. The maximum absolute atomic E-state index is 10.8. The Bertz CT molecular complexity index is 938. The van der Waals surface area contributed by atoms with Gasteiger partial charge in [-0.15, -0.1) is 37.2 Å². The van der Waals surface area contributed by atoms with E-state index in [9.17, 15) is 4.79 Å². The summed E-state index contributed by atoms with van der Waals surface area (Å²) < 4.78 is 0. The van der Waals surface area contributed by atoms with Gasteiger partial charge in [0.1, 0.15) is 5.82 Å². The molecule has 0 radical (unpaired) electrons. The number of aromatic carboxylic acids is 1. The molecule has 6 N–H and O–H groups in total. The monoisotopic (exact) mass is 451 g/mol. The van der Waals surface area contributed by atoms with Crippen molar-refractivity contribution >= 4 is 83.1 Å². The highest BCUT2D eigenvalue weighted by atomic mass is 35.5. The molecule has 0 saturated carbocycles. The number of nitrogens with two attached hydrogens (primary N) is 2. The van der Waals surface area contributed by atoms with Crippen LogP contribution in [0.1, 0.15) is 15.9 Å². The Morgan fingerprint density at radius 2 is 1.67 bits per heavy atom.